The first-order chi connectivity index (χ1) is 8.01. The quantitative estimate of drug-likeness (QED) is 0.767. The predicted octanol–water partition coefficient (Wildman–Crippen LogP) is 3.61. The monoisotopic (exact) mass is 241 g/mol. The number of hydrogen-bond acceptors (Lipinski definition) is 2. The van der Waals surface area contributed by atoms with E-state index in [4.69, 9.17) is 4.74 Å². The molecule has 0 bridgehead atoms. The maximum absolute atomic E-state index is 5.97. The Labute approximate surface area is 108 Å². The van der Waals surface area contributed by atoms with Crippen LogP contribution < -0.4 is 5.32 Å². The molecule has 0 saturated heterocycles. The van der Waals surface area contributed by atoms with Gasteiger partial charge in [-0.2, -0.15) is 0 Å². The van der Waals surface area contributed by atoms with E-state index < -0.39 is 0 Å². The van der Waals surface area contributed by atoms with Gasteiger partial charge in [-0.25, -0.2) is 0 Å². The van der Waals surface area contributed by atoms with Gasteiger partial charge in [0.05, 0.1) is 5.60 Å². The summed E-state index contributed by atoms with van der Waals surface area (Å²) >= 11 is 0. The fourth-order valence-corrected chi connectivity index (χ4v) is 3.45. The molecule has 3 atom stereocenters. The topological polar surface area (TPSA) is 21.3 Å². The van der Waals surface area contributed by atoms with Crippen molar-refractivity contribution in [3.05, 3.63) is 0 Å². The van der Waals surface area contributed by atoms with Crippen molar-refractivity contribution in [3.8, 4) is 0 Å². The van der Waals surface area contributed by atoms with Crippen molar-refractivity contribution in [2.24, 2.45) is 11.8 Å². The number of ether oxygens (including phenoxy) is 1. The van der Waals surface area contributed by atoms with Gasteiger partial charge >= 0.3 is 0 Å². The Morgan fingerprint density at radius 3 is 2.53 bits per heavy atom. The molecule has 2 nitrogen and oxygen atoms in total. The van der Waals surface area contributed by atoms with E-state index in [9.17, 15) is 0 Å². The molecule has 102 valence electrons. The van der Waals surface area contributed by atoms with Gasteiger partial charge in [0.15, 0.2) is 0 Å². The van der Waals surface area contributed by atoms with Gasteiger partial charge in [-0.1, -0.05) is 26.7 Å². The Morgan fingerprint density at radius 2 is 2.00 bits per heavy atom. The van der Waals surface area contributed by atoms with Crippen molar-refractivity contribution in [2.45, 2.75) is 71.9 Å². The van der Waals surface area contributed by atoms with Crippen molar-refractivity contribution in [1.82, 2.24) is 5.32 Å². The molecule has 1 aliphatic carbocycles. The van der Waals surface area contributed by atoms with Gasteiger partial charge in [0.1, 0.15) is 0 Å². The standard InChI is InChI=1S/C15H31NO/c1-6-16-14(15(4,5)17-7-2)13-10-8-9-12(3)11-13/h12-14,16H,6-11H2,1-5H3. The molecule has 0 aromatic heterocycles. The van der Waals surface area contributed by atoms with Crippen molar-refractivity contribution in [1.29, 1.82) is 0 Å². The predicted molar refractivity (Wildman–Crippen MR) is 74.3 cm³/mol. The fourth-order valence-electron chi connectivity index (χ4n) is 3.45. The zero-order chi connectivity index (χ0) is 12.9. The molecule has 0 spiro atoms. The summed E-state index contributed by atoms with van der Waals surface area (Å²) in [5.74, 6) is 1.66. The van der Waals surface area contributed by atoms with Crippen molar-refractivity contribution in [2.75, 3.05) is 13.2 Å². The summed E-state index contributed by atoms with van der Waals surface area (Å²) in [6.07, 6.45) is 5.51. The highest BCUT2D eigenvalue weighted by Crippen LogP contribution is 2.35. The first-order valence-electron chi connectivity index (χ1n) is 7.38. The van der Waals surface area contributed by atoms with Crippen molar-refractivity contribution >= 4 is 0 Å². The Hall–Kier alpha value is -0.0800. The van der Waals surface area contributed by atoms with Gasteiger partial charge in [-0.05, 0) is 52.0 Å². The van der Waals surface area contributed by atoms with Crippen molar-refractivity contribution in [3.63, 3.8) is 0 Å². The maximum atomic E-state index is 5.97. The average Bonchev–Trinajstić information content (AvgIpc) is 2.25. The van der Waals surface area contributed by atoms with Gasteiger partial charge in [0.25, 0.3) is 0 Å². The molecule has 1 N–H and O–H groups in total. The Bertz CT molecular complexity index is 215. The molecule has 0 aliphatic heterocycles. The Morgan fingerprint density at radius 1 is 1.29 bits per heavy atom. The summed E-state index contributed by atoms with van der Waals surface area (Å²) in [7, 11) is 0. The molecule has 2 heteroatoms. The van der Waals surface area contributed by atoms with Gasteiger partial charge in [-0.15, -0.1) is 0 Å². The van der Waals surface area contributed by atoms with E-state index in [1.165, 1.54) is 25.7 Å². The third kappa shape index (κ3) is 4.26. The fraction of sp³-hybridized carbons (Fsp3) is 1.00. The Balaban J connectivity index is 2.69. The van der Waals surface area contributed by atoms with Gasteiger partial charge in [0.2, 0.25) is 0 Å². The molecule has 0 aromatic carbocycles. The molecule has 17 heavy (non-hydrogen) atoms. The highest BCUT2D eigenvalue weighted by atomic mass is 16.5. The minimum atomic E-state index is -0.0491. The zero-order valence-electron chi connectivity index (χ0n) is 12.4. The lowest BCUT2D eigenvalue weighted by molar-refractivity contribution is -0.0588. The van der Waals surface area contributed by atoms with Crippen LogP contribution in [0.4, 0.5) is 0 Å². The van der Waals surface area contributed by atoms with E-state index in [1.807, 2.05) is 0 Å². The zero-order valence-corrected chi connectivity index (χ0v) is 12.4. The second-order valence-corrected chi connectivity index (χ2v) is 6.10. The maximum Gasteiger partial charge on any atom is 0.0781 e. The van der Waals surface area contributed by atoms with Crippen LogP contribution in [0.15, 0.2) is 0 Å². The van der Waals surface area contributed by atoms with Gasteiger partial charge in [-0.3, -0.25) is 0 Å². The van der Waals surface area contributed by atoms with Crippen molar-refractivity contribution < 1.29 is 4.74 Å². The second-order valence-electron chi connectivity index (χ2n) is 6.10. The Kier molecular flexibility index (Phi) is 5.94. The smallest absolute Gasteiger partial charge is 0.0781 e. The lowest BCUT2D eigenvalue weighted by atomic mass is 9.74. The van der Waals surface area contributed by atoms with E-state index in [0.29, 0.717) is 6.04 Å². The summed E-state index contributed by atoms with van der Waals surface area (Å²) in [5.41, 5.74) is -0.0491. The van der Waals surface area contributed by atoms with Gasteiger partial charge < -0.3 is 10.1 Å². The average molecular weight is 241 g/mol. The molecule has 0 aromatic rings. The highest BCUT2D eigenvalue weighted by molar-refractivity contribution is 4.92. The summed E-state index contributed by atoms with van der Waals surface area (Å²) in [6, 6.07) is 0.496. The van der Waals surface area contributed by atoms with Crippen LogP contribution in [0.25, 0.3) is 0 Å². The molecule has 1 aliphatic rings. The van der Waals surface area contributed by atoms with E-state index >= 15 is 0 Å². The summed E-state index contributed by atoms with van der Waals surface area (Å²) in [6.45, 7) is 13.0. The molecular formula is C15H31NO. The first kappa shape index (κ1) is 15.0. The van der Waals surface area contributed by atoms with E-state index in [0.717, 1.165) is 25.0 Å². The molecule has 0 radical (unpaired) electrons. The normalized spacial score (nSPS) is 28.1. The van der Waals surface area contributed by atoms with Crippen LogP contribution in [-0.4, -0.2) is 24.8 Å². The molecule has 0 heterocycles. The molecule has 0 amide bonds. The summed E-state index contributed by atoms with van der Waals surface area (Å²) < 4.78 is 5.97. The van der Waals surface area contributed by atoms with Gasteiger partial charge in [0, 0.05) is 12.6 Å². The minimum Gasteiger partial charge on any atom is -0.374 e. The lowest BCUT2D eigenvalue weighted by Crippen LogP contribution is -2.53. The van der Waals surface area contributed by atoms with Crippen LogP contribution in [0.5, 0.6) is 0 Å². The molecular weight excluding hydrogens is 210 g/mol. The summed E-state index contributed by atoms with van der Waals surface area (Å²) in [5, 5.41) is 3.67. The number of hydrogen-bond donors (Lipinski definition) is 1. The van der Waals surface area contributed by atoms with E-state index in [1.54, 1.807) is 0 Å². The molecule has 1 saturated carbocycles. The third-order valence-corrected chi connectivity index (χ3v) is 4.14. The van der Waals surface area contributed by atoms with Crippen LogP contribution in [0.1, 0.15) is 60.3 Å². The SMILES string of the molecule is CCNC(C1CCCC(C)C1)C(C)(C)OCC. The minimum absolute atomic E-state index is 0.0491. The van der Waals surface area contributed by atoms with E-state index in [2.05, 4.69) is 39.9 Å². The first-order valence-corrected chi connectivity index (χ1v) is 7.38. The summed E-state index contributed by atoms with van der Waals surface area (Å²) in [4.78, 5) is 0. The van der Waals surface area contributed by atoms with Crippen LogP contribution >= 0.6 is 0 Å². The number of nitrogens with one attached hydrogen (secondary N) is 1. The molecule has 1 rings (SSSR count). The van der Waals surface area contributed by atoms with Crippen LogP contribution in [-0.2, 0) is 4.74 Å². The highest BCUT2D eigenvalue weighted by Gasteiger charge is 2.37. The third-order valence-electron chi connectivity index (χ3n) is 4.14. The molecule has 3 unspecified atom stereocenters. The largest absolute Gasteiger partial charge is 0.374 e. The van der Waals surface area contributed by atoms with Crippen LogP contribution in [0, 0.1) is 11.8 Å². The van der Waals surface area contributed by atoms with Crippen LogP contribution in [0.2, 0.25) is 0 Å². The second kappa shape index (κ2) is 6.75. The number of rotatable bonds is 6. The van der Waals surface area contributed by atoms with E-state index in [-0.39, 0.29) is 5.60 Å². The molecule has 1 fully saturated rings. The number of likely N-dealkylation sites (N-methyl/N-ethyl adjacent to an activating group) is 1. The lowest BCUT2D eigenvalue weighted by Gasteiger charge is -2.42. The van der Waals surface area contributed by atoms with Crippen LogP contribution in [0.3, 0.4) is 0 Å².